The molecule has 5 heavy (non-hydrogen) atoms. The average molecular weight is 110 g/mol. The first-order chi connectivity index (χ1) is 2.41. The summed E-state index contributed by atoms with van der Waals surface area (Å²) < 4.78 is 0. The molecule has 0 heterocycles. The Bertz CT molecular complexity index is 4.85. The quantitative estimate of drug-likeness (QED) is 0.346. The van der Waals surface area contributed by atoms with Gasteiger partial charge in [0.2, 0.25) is 0 Å². The van der Waals surface area contributed by atoms with E-state index in [9.17, 15) is 0 Å². The molecule has 0 nitrogen and oxygen atoms in total. The van der Waals surface area contributed by atoms with Crippen LogP contribution in [0, 0.1) is 0 Å². The third kappa shape index (κ3) is 69.9. The van der Waals surface area contributed by atoms with E-state index in [1.54, 1.807) is 0 Å². The van der Waals surface area contributed by atoms with E-state index >= 15 is 0 Å². The van der Waals surface area contributed by atoms with Gasteiger partial charge in [-0.2, -0.15) is 0 Å². The van der Waals surface area contributed by atoms with Gasteiger partial charge in [0.15, 0.2) is 0 Å². The van der Waals surface area contributed by atoms with Crippen molar-refractivity contribution in [3.8, 4) is 0 Å². The minimum absolute atomic E-state index is 1.25. The minimum Gasteiger partial charge on any atom is -0.115 e. The molecule has 0 unspecified atom stereocenters. The first-order valence-corrected chi connectivity index (χ1v) is 3.21. The summed E-state index contributed by atoms with van der Waals surface area (Å²) in [6.07, 6.45) is 1.25. The lowest BCUT2D eigenvalue weighted by Crippen LogP contribution is -1.27. The molecule has 0 bridgehead atoms. The predicted octanol–water partition coefficient (Wildman–Crippen LogP) is 2.18. The van der Waals surface area contributed by atoms with Gasteiger partial charge in [-0.1, -0.05) is 20.3 Å². The number of rotatable bonds is 0. The second-order valence-electron chi connectivity index (χ2n) is 0.707. The molecule has 0 aliphatic heterocycles. The van der Waals surface area contributed by atoms with E-state index in [2.05, 4.69) is 37.2 Å². The maximum atomic E-state index is 3.22. The van der Waals surface area contributed by atoms with Crippen LogP contribution in [0.1, 0.15) is 20.3 Å². The van der Waals surface area contributed by atoms with E-state index in [0.717, 1.165) is 0 Å². The molecule has 0 fully saturated rings. The summed E-state index contributed by atoms with van der Waals surface area (Å²) in [5.74, 6) is 0. The maximum Gasteiger partial charge on any atom is -0.0590 e. The second-order valence-corrected chi connectivity index (χ2v) is 0.707. The van der Waals surface area contributed by atoms with Gasteiger partial charge in [-0.25, -0.2) is 0 Å². The lowest BCUT2D eigenvalue weighted by Gasteiger charge is -1.48. The Labute approximate surface area is 44.2 Å². The maximum absolute atomic E-state index is 3.22. The smallest absolute Gasteiger partial charge is 0.0590 e. The van der Waals surface area contributed by atoms with E-state index in [1.165, 1.54) is 6.42 Å². The molecule has 34 valence electrons. The van der Waals surface area contributed by atoms with Crippen LogP contribution in [0.5, 0.6) is 0 Å². The molecule has 0 rings (SSSR count). The lowest BCUT2D eigenvalue weighted by molar-refractivity contribution is 1.09. The number of hydrogen-bond donors (Lipinski definition) is 2. The van der Waals surface area contributed by atoms with Crippen molar-refractivity contribution < 1.29 is 0 Å². The SMILES string of the molecule is CCC.SS. The van der Waals surface area contributed by atoms with Crippen molar-refractivity contribution in [3.63, 3.8) is 0 Å². The van der Waals surface area contributed by atoms with Crippen LogP contribution in [0.3, 0.4) is 0 Å². The molecular weight excluding hydrogens is 100 g/mol. The van der Waals surface area contributed by atoms with Crippen molar-refractivity contribution in [2.75, 3.05) is 0 Å². The van der Waals surface area contributed by atoms with Gasteiger partial charge in [-0.15, -0.1) is 23.3 Å². The molecule has 0 amide bonds. The molecule has 0 saturated carbocycles. The van der Waals surface area contributed by atoms with E-state index in [1.807, 2.05) is 0 Å². The van der Waals surface area contributed by atoms with Crippen LogP contribution in [-0.2, 0) is 0 Å². The van der Waals surface area contributed by atoms with Crippen molar-refractivity contribution in [1.82, 2.24) is 0 Å². The molecule has 0 aromatic rings. The van der Waals surface area contributed by atoms with Crippen LogP contribution < -0.4 is 0 Å². The highest BCUT2D eigenvalue weighted by atomic mass is 33.1. The Hall–Kier alpha value is 0.700. The molecule has 0 N–H and O–H groups in total. The normalized spacial score (nSPS) is 4.80. The fourth-order valence-electron chi connectivity index (χ4n) is 0. The molecular formula is C3H10S2. The lowest BCUT2D eigenvalue weighted by atomic mass is 10.6. The predicted molar refractivity (Wildman–Crippen MR) is 33.9 cm³/mol. The van der Waals surface area contributed by atoms with Crippen LogP contribution in [0.15, 0.2) is 0 Å². The highest BCUT2D eigenvalue weighted by Crippen LogP contribution is 1.65. The van der Waals surface area contributed by atoms with Crippen LogP contribution >= 0.6 is 23.3 Å². The summed E-state index contributed by atoms with van der Waals surface area (Å²) >= 11 is 6.44. The Morgan fingerprint density at radius 3 is 1.20 bits per heavy atom. The second kappa shape index (κ2) is 22.3. The van der Waals surface area contributed by atoms with Gasteiger partial charge in [0.05, 0.1) is 0 Å². The van der Waals surface area contributed by atoms with Crippen LogP contribution in [0.4, 0.5) is 0 Å². The number of thiol groups is 2. The van der Waals surface area contributed by atoms with Crippen LogP contribution in [0.25, 0.3) is 0 Å². The zero-order valence-electron chi connectivity index (χ0n) is 3.60. The molecule has 0 saturated heterocycles. The summed E-state index contributed by atoms with van der Waals surface area (Å²) in [5, 5.41) is 0. The minimum atomic E-state index is 1.25. The van der Waals surface area contributed by atoms with Gasteiger partial charge in [-0.05, 0) is 0 Å². The highest BCUT2D eigenvalue weighted by Gasteiger charge is 1.35. The van der Waals surface area contributed by atoms with Gasteiger partial charge in [0, 0.05) is 0 Å². The molecule has 0 aliphatic rings. The fraction of sp³-hybridized carbons (Fsp3) is 1.00. The fourth-order valence-corrected chi connectivity index (χ4v) is 0. The molecule has 0 aromatic carbocycles. The Kier molecular flexibility index (Phi) is 41.0. The third-order valence-electron chi connectivity index (χ3n) is 0. The zero-order valence-corrected chi connectivity index (χ0v) is 5.39. The van der Waals surface area contributed by atoms with E-state index in [-0.39, 0.29) is 0 Å². The monoisotopic (exact) mass is 110 g/mol. The Morgan fingerprint density at radius 2 is 1.20 bits per heavy atom. The van der Waals surface area contributed by atoms with Gasteiger partial charge < -0.3 is 0 Å². The first-order valence-electron chi connectivity index (χ1n) is 1.61. The van der Waals surface area contributed by atoms with Gasteiger partial charge in [-0.3, -0.25) is 0 Å². The van der Waals surface area contributed by atoms with Crippen molar-refractivity contribution in [3.05, 3.63) is 0 Å². The van der Waals surface area contributed by atoms with Gasteiger partial charge in [0.25, 0.3) is 0 Å². The molecule has 0 atom stereocenters. The van der Waals surface area contributed by atoms with E-state index in [4.69, 9.17) is 0 Å². The standard InChI is InChI=1S/C3H8.H2S2/c1-3-2;1-2/h3H2,1-2H3;1-2H. The molecule has 0 aromatic heterocycles. The van der Waals surface area contributed by atoms with Gasteiger partial charge >= 0.3 is 0 Å². The van der Waals surface area contributed by atoms with E-state index in [0.29, 0.717) is 0 Å². The first kappa shape index (κ1) is 9.20. The summed E-state index contributed by atoms with van der Waals surface area (Å²) in [4.78, 5) is 0. The molecule has 0 aliphatic carbocycles. The van der Waals surface area contributed by atoms with Crippen molar-refractivity contribution in [2.24, 2.45) is 0 Å². The molecule has 0 spiro atoms. The van der Waals surface area contributed by atoms with Gasteiger partial charge in [0.1, 0.15) is 0 Å². The highest BCUT2D eigenvalue weighted by molar-refractivity contribution is 8.59. The average Bonchev–Trinajstić information content (AvgIpc) is 1.46. The van der Waals surface area contributed by atoms with Crippen molar-refractivity contribution in [1.29, 1.82) is 0 Å². The van der Waals surface area contributed by atoms with E-state index < -0.39 is 0 Å². The van der Waals surface area contributed by atoms with Crippen molar-refractivity contribution in [2.45, 2.75) is 20.3 Å². The number of hydrogen-bond acceptors (Lipinski definition) is 2. The van der Waals surface area contributed by atoms with Crippen LogP contribution in [-0.4, -0.2) is 0 Å². The summed E-state index contributed by atoms with van der Waals surface area (Å²) in [6.45, 7) is 4.25. The zero-order chi connectivity index (χ0) is 4.71. The third-order valence-corrected chi connectivity index (χ3v) is 0. The Morgan fingerprint density at radius 1 is 1.20 bits per heavy atom. The summed E-state index contributed by atoms with van der Waals surface area (Å²) in [6, 6.07) is 0. The topological polar surface area (TPSA) is 0 Å². The molecule has 2 heteroatoms. The molecule has 0 radical (unpaired) electrons. The summed E-state index contributed by atoms with van der Waals surface area (Å²) in [5.41, 5.74) is 0. The summed E-state index contributed by atoms with van der Waals surface area (Å²) in [7, 11) is 0. The van der Waals surface area contributed by atoms with Crippen LogP contribution in [0.2, 0.25) is 0 Å². The van der Waals surface area contributed by atoms with Crippen molar-refractivity contribution >= 4 is 23.3 Å². The largest absolute Gasteiger partial charge is 0.115 e. The Balaban J connectivity index is 0.